The number of esters is 1. The number of para-hydroxylation sites is 2. The summed E-state index contributed by atoms with van der Waals surface area (Å²) in [5, 5.41) is 0. The third-order valence-corrected chi connectivity index (χ3v) is 7.66. The van der Waals surface area contributed by atoms with E-state index in [2.05, 4.69) is 23.7 Å². The lowest BCUT2D eigenvalue weighted by atomic mass is 9.94. The summed E-state index contributed by atoms with van der Waals surface area (Å²) in [4.78, 5) is 33.1. The van der Waals surface area contributed by atoms with Gasteiger partial charge in [-0.05, 0) is 65.0 Å². The molecule has 2 aliphatic rings. The summed E-state index contributed by atoms with van der Waals surface area (Å²) in [6, 6.07) is 9.27. The van der Waals surface area contributed by atoms with Gasteiger partial charge in [0, 0.05) is 24.2 Å². The molecule has 180 valence electrons. The van der Waals surface area contributed by atoms with E-state index in [-0.39, 0.29) is 23.9 Å². The highest BCUT2D eigenvalue weighted by Crippen LogP contribution is 2.35. The average molecular weight is 454 g/mol. The van der Waals surface area contributed by atoms with E-state index in [1.165, 1.54) is 57.8 Å². The zero-order chi connectivity index (χ0) is 23.4. The second-order valence-corrected chi connectivity index (χ2v) is 9.96. The van der Waals surface area contributed by atoms with Crippen molar-refractivity contribution < 1.29 is 9.53 Å². The molecule has 2 heterocycles. The predicted octanol–water partition coefficient (Wildman–Crippen LogP) is 5.49. The highest BCUT2D eigenvalue weighted by atomic mass is 16.5. The van der Waals surface area contributed by atoms with Crippen LogP contribution < -0.4 is 5.56 Å². The molecule has 1 aliphatic heterocycles. The van der Waals surface area contributed by atoms with Crippen molar-refractivity contribution in [3.8, 4) is 0 Å². The fraction of sp³-hybridized carbons (Fsp3) is 0.667. The number of ether oxygens (including phenoxy) is 1. The predicted molar refractivity (Wildman–Crippen MR) is 132 cm³/mol. The molecule has 1 aromatic carbocycles. The third-order valence-electron chi connectivity index (χ3n) is 7.66. The van der Waals surface area contributed by atoms with Gasteiger partial charge in [-0.25, -0.2) is 9.78 Å². The maximum Gasteiger partial charge on any atom is 0.362 e. The number of aromatic nitrogens is 2. The second kappa shape index (κ2) is 10.8. The maximum atomic E-state index is 13.4. The van der Waals surface area contributed by atoms with Gasteiger partial charge in [0.25, 0.3) is 5.56 Å². The first kappa shape index (κ1) is 23.9. The van der Waals surface area contributed by atoms with Crippen molar-refractivity contribution in [3.63, 3.8) is 0 Å². The molecular formula is C27H39N3O3. The Morgan fingerprint density at radius 3 is 2.52 bits per heavy atom. The van der Waals surface area contributed by atoms with Gasteiger partial charge < -0.3 is 9.30 Å². The zero-order valence-corrected chi connectivity index (χ0v) is 20.5. The minimum Gasteiger partial charge on any atom is -0.461 e. The summed E-state index contributed by atoms with van der Waals surface area (Å²) in [6.07, 6.45) is 12.6. The molecule has 1 aliphatic carbocycles. The normalized spacial score (nSPS) is 23.8. The molecule has 4 rings (SSSR count). The van der Waals surface area contributed by atoms with Crippen LogP contribution in [0.3, 0.4) is 0 Å². The number of likely N-dealkylation sites (tertiary alicyclic amines) is 1. The topological polar surface area (TPSA) is 64.4 Å². The quantitative estimate of drug-likeness (QED) is 0.541. The lowest BCUT2D eigenvalue weighted by Crippen LogP contribution is -2.44. The summed E-state index contributed by atoms with van der Waals surface area (Å²) in [5.41, 5.74) is 0.984. The van der Waals surface area contributed by atoms with Crippen LogP contribution >= 0.6 is 0 Å². The molecule has 3 atom stereocenters. The molecule has 2 fully saturated rings. The van der Waals surface area contributed by atoms with E-state index >= 15 is 0 Å². The van der Waals surface area contributed by atoms with Gasteiger partial charge in [0.15, 0.2) is 0 Å². The molecule has 0 bridgehead atoms. The molecular weight excluding hydrogens is 414 g/mol. The first-order chi connectivity index (χ1) is 16.0. The molecule has 1 saturated heterocycles. The number of fused-ring (bicyclic) bond motifs is 1. The van der Waals surface area contributed by atoms with Crippen LogP contribution in [-0.2, 0) is 4.74 Å². The van der Waals surface area contributed by atoms with Gasteiger partial charge in [0.05, 0.1) is 17.6 Å². The van der Waals surface area contributed by atoms with Crippen LogP contribution in [0.15, 0.2) is 29.1 Å². The Kier molecular flexibility index (Phi) is 7.84. The SMILES string of the molecule is CCOC(=O)c1nc2ccccc2n([C@@H](C)C[C@@H]2CC[C@H](C)N2C2CCCCCCC2)c1=O. The highest BCUT2D eigenvalue weighted by Gasteiger charge is 2.36. The minimum atomic E-state index is -0.639. The minimum absolute atomic E-state index is 0.0371. The second-order valence-electron chi connectivity index (χ2n) is 9.96. The number of nitrogens with zero attached hydrogens (tertiary/aromatic N) is 3. The largest absolute Gasteiger partial charge is 0.461 e. The standard InChI is InChI=1S/C27H39N3O3/c1-4-33-27(32)25-26(31)30(24-15-11-10-14-23(24)28-25)20(3)18-22-17-16-19(2)29(22)21-12-8-6-5-7-9-13-21/h10-11,14-15,19-22H,4-9,12-13,16-18H2,1-3H3/t19-,20-,22-/m0/s1. The molecule has 0 unspecified atom stereocenters. The number of hydrogen-bond donors (Lipinski definition) is 0. The van der Waals surface area contributed by atoms with Gasteiger partial charge in [0.1, 0.15) is 0 Å². The lowest BCUT2D eigenvalue weighted by molar-refractivity contribution is 0.0516. The molecule has 0 N–H and O–H groups in total. The molecule has 0 amide bonds. The number of carbonyl (C=O) groups is 1. The Labute approximate surface area is 197 Å². The zero-order valence-electron chi connectivity index (χ0n) is 20.5. The van der Waals surface area contributed by atoms with Crippen molar-refractivity contribution in [2.24, 2.45) is 0 Å². The van der Waals surface area contributed by atoms with Crippen molar-refractivity contribution in [1.29, 1.82) is 0 Å². The average Bonchev–Trinajstić information content (AvgIpc) is 3.13. The van der Waals surface area contributed by atoms with E-state index < -0.39 is 5.97 Å². The van der Waals surface area contributed by atoms with E-state index in [0.717, 1.165) is 11.9 Å². The van der Waals surface area contributed by atoms with E-state index in [0.29, 0.717) is 23.6 Å². The van der Waals surface area contributed by atoms with Crippen molar-refractivity contribution in [2.75, 3.05) is 6.61 Å². The Balaban J connectivity index is 1.64. The highest BCUT2D eigenvalue weighted by molar-refractivity contribution is 5.89. The van der Waals surface area contributed by atoms with Crippen LogP contribution in [0, 0.1) is 0 Å². The van der Waals surface area contributed by atoms with Crippen molar-refractivity contribution >= 4 is 17.0 Å². The molecule has 6 heteroatoms. The number of hydrogen-bond acceptors (Lipinski definition) is 5. The fourth-order valence-corrected chi connectivity index (χ4v) is 6.15. The van der Waals surface area contributed by atoms with Crippen molar-refractivity contribution in [3.05, 3.63) is 40.3 Å². The molecule has 0 spiro atoms. The van der Waals surface area contributed by atoms with Crippen molar-refractivity contribution in [1.82, 2.24) is 14.5 Å². The Morgan fingerprint density at radius 1 is 1.09 bits per heavy atom. The third kappa shape index (κ3) is 5.16. The van der Waals surface area contributed by atoms with Gasteiger partial charge in [-0.3, -0.25) is 9.69 Å². The van der Waals surface area contributed by atoms with E-state index in [9.17, 15) is 9.59 Å². The van der Waals surface area contributed by atoms with Crippen LogP contribution in [-0.4, -0.2) is 45.2 Å². The molecule has 6 nitrogen and oxygen atoms in total. The Bertz CT molecular complexity index is 1010. The van der Waals surface area contributed by atoms with Crippen LogP contribution in [0.5, 0.6) is 0 Å². The Morgan fingerprint density at radius 2 is 1.79 bits per heavy atom. The maximum absolute atomic E-state index is 13.4. The van der Waals surface area contributed by atoms with Gasteiger partial charge in [-0.2, -0.15) is 0 Å². The van der Waals surface area contributed by atoms with E-state index in [1.54, 1.807) is 11.5 Å². The van der Waals surface area contributed by atoms with Gasteiger partial charge in [-0.1, -0.05) is 44.2 Å². The molecule has 0 radical (unpaired) electrons. The van der Waals surface area contributed by atoms with Crippen LogP contribution in [0.2, 0.25) is 0 Å². The molecule has 2 aromatic rings. The summed E-state index contributed by atoms with van der Waals surface area (Å²) in [5.74, 6) is -0.639. The van der Waals surface area contributed by atoms with E-state index in [4.69, 9.17) is 4.74 Å². The van der Waals surface area contributed by atoms with E-state index in [1.807, 2.05) is 24.3 Å². The smallest absolute Gasteiger partial charge is 0.362 e. The van der Waals surface area contributed by atoms with Crippen LogP contribution in [0.1, 0.15) is 102 Å². The van der Waals surface area contributed by atoms with Crippen LogP contribution in [0.4, 0.5) is 0 Å². The number of carbonyl (C=O) groups excluding carboxylic acids is 1. The number of rotatable bonds is 6. The monoisotopic (exact) mass is 453 g/mol. The van der Waals surface area contributed by atoms with Crippen molar-refractivity contribution in [2.45, 2.75) is 109 Å². The first-order valence-electron chi connectivity index (χ1n) is 13.0. The van der Waals surface area contributed by atoms with Gasteiger partial charge in [0.2, 0.25) is 5.69 Å². The summed E-state index contributed by atoms with van der Waals surface area (Å²) < 4.78 is 6.92. The fourth-order valence-electron chi connectivity index (χ4n) is 6.15. The van der Waals surface area contributed by atoms with Gasteiger partial charge >= 0.3 is 5.97 Å². The molecule has 33 heavy (non-hydrogen) atoms. The van der Waals surface area contributed by atoms with Gasteiger partial charge in [-0.15, -0.1) is 0 Å². The summed E-state index contributed by atoms with van der Waals surface area (Å²) in [7, 11) is 0. The Hall–Kier alpha value is -2.21. The number of benzene rings is 1. The molecule has 1 aromatic heterocycles. The first-order valence-corrected chi connectivity index (χ1v) is 13.0. The summed E-state index contributed by atoms with van der Waals surface area (Å²) >= 11 is 0. The molecule has 1 saturated carbocycles. The lowest BCUT2D eigenvalue weighted by Gasteiger charge is -2.38. The van der Waals surface area contributed by atoms with Crippen LogP contribution in [0.25, 0.3) is 11.0 Å². The summed E-state index contributed by atoms with van der Waals surface area (Å²) in [6.45, 7) is 6.45.